The molecule has 1 aromatic carbocycles. The Balaban J connectivity index is 2.14. The van der Waals surface area contributed by atoms with Crippen molar-refractivity contribution in [1.82, 2.24) is 14.8 Å². The summed E-state index contributed by atoms with van der Waals surface area (Å²) in [5.41, 5.74) is 1.000. The molecule has 2 aromatic rings. The summed E-state index contributed by atoms with van der Waals surface area (Å²) < 4.78 is 8.24. The molecule has 0 unspecified atom stereocenters. The van der Waals surface area contributed by atoms with Gasteiger partial charge in [0.25, 0.3) is 0 Å². The fraction of sp³-hybridized carbons (Fsp3) is 0.333. The van der Waals surface area contributed by atoms with Crippen LogP contribution in [-0.2, 0) is 13.2 Å². The Morgan fingerprint density at radius 1 is 1.50 bits per heavy atom. The number of benzene rings is 1. The summed E-state index contributed by atoms with van der Waals surface area (Å²) in [6.45, 7) is 5.12. The molecule has 1 N–H and O–H groups in total. The number of nitrogens with one attached hydrogen (secondary N) is 1. The van der Waals surface area contributed by atoms with Crippen molar-refractivity contribution in [3.05, 3.63) is 39.4 Å². The Hall–Kier alpha value is -1.33. The lowest BCUT2D eigenvalue weighted by molar-refractivity contribution is 0.287. The Morgan fingerprint density at radius 3 is 2.94 bits per heavy atom. The van der Waals surface area contributed by atoms with Gasteiger partial charge in [-0.2, -0.15) is 5.10 Å². The van der Waals surface area contributed by atoms with Crippen LogP contribution in [-0.4, -0.2) is 14.8 Å². The van der Waals surface area contributed by atoms with Gasteiger partial charge in [-0.15, -0.1) is 0 Å². The number of rotatable bonds is 4. The quantitative estimate of drug-likeness (QED) is 0.873. The highest BCUT2D eigenvalue weighted by molar-refractivity contribution is 7.71. The zero-order valence-corrected chi connectivity index (χ0v) is 11.8. The molecule has 0 bridgehead atoms. The molecule has 4 nitrogen and oxygen atoms in total. The fourth-order valence-corrected chi connectivity index (χ4v) is 2.21. The molecule has 18 heavy (non-hydrogen) atoms. The van der Waals surface area contributed by atoms with E-state index in [1.54, 1.807) is 6.07 Å². The Bertz CT molecular complexity index is 606. The molecule has 0 fully saturated rings. The molecule has 0 saturated heterocycles. The van der Waals surface area contributed by atoms with E-state index in [0.29, 0.717) is 16.4 Å². The zero-order valence-electron chi connectivity index (χ0n) is 10.2. The van der Waals surface area contributed by atoms with Crippen LogP contribution >= 0.6 is 23.8 Å². The van der Waals surface area contributed by atoms with E-state index in [-0.39, 0.29) is 0 Å². The highest BCUT2D eigenvalue weighted by atomic mass is 35.5. The van der Waals surface area contributed by atoms with Crippen LogP contribution in [0.2, 0.25) is 5.02 Å². The van der Waals surface area contributed by atoms with E-state index < -0.39 is 0 Å². The van der Waals surface area contributed by atoms with E-state index >= 15 is 0 Å². The summed E-state index contributed by atoms with van der Waals surface area (Å²) in [7, 11) is 0. The lowest BCUT2D eigenvalue weighted by Crippen LogP contribution is -2.06. The molecule has 0 aliphatic carbocycles. The van der Waals surface area contributed by atoms with E-state index in [2.05, 4.69) is 10.2 Å². The van der Waals surface area contributed by atoms with Gasteiger partial charge in [0, 0.05) is 11.6 Å². The number of aromatic amines is 1. The summed E-state index contributed by atoms with van der Waals surface area (Å²) in [6.07, 6.45) is 0. The number of halogens is 1. The second-order valence-corrected chi connectivity index (χ2v) is 4.71. The van der Waals surface area contributed by atoms with Crippen molar-refractivity contribution in [2.75, 3.05) is 0 Å². The minimum Gasteiger partial charge on any atom is -0.485 e. The van der Waals surface area contributed by atoms with Gasteiger partial charge in [0.15, 0.2) is 10.6 Å². The molecule has 6 heteroatoms. The van der Waals surface area contributed by atoms with Crippen LogP contribution in [0.4, 0.5) is 0 Å². The van der Waals surface area contributed by atoms with Gasteiger partial charge in [0.2, 0.25) is 0 Å². The first-order chi connectivity index (χ1) is 8.61. The van der Waals surface area contributed by atoms with Crippen LogP contribution in [0.5, 0.6) is 5.75 Å². The Kier molecular flexibility index (Phi) is 4.04. The number of ether oxygens (including phenoxy) is 1. The van der Waals surface area contributed by atoms with Crippen LogP contribution in [0.15, 0.2) is 18.2 Å². The van der Waals surface area contributed by atoms with Crippen LogP contribution in [0, 0.1) is 11.7 Å². The third-order valence-corrected chi connectivity index (χ3v) is 3.19. The summed E-state index contributed by atoms with van der Waals surface area (Å²) >= 11 is 11.0. The van der Waals surface area contributed by atoms with Crippen LogP contribution < -0.4 is 4.74 Å². The van der Waals surface area contributed by atoms with Gasteiger partial charge >= 0.3 is 0 Å². The first kappa shape index (κ1) is 13.1. The summed E-state index contributed by atoms with van der Waals surface area (Å²) in [4.78, 5) is 0. The van der Waals surface area contributed by atoms with Crippen molar-refractivity contribution in [3.63, 3.8) is 0 Å². The molecular formula is C12H14ClN3OS. The van der Waals surface area contributed by atoms with E-state index in [1.807, 2.05) is 30.5 Å². The number of nitrogens with zero attached hydrogens (tertiary/aromatic N) is 2. The molecule has 0 amide bonds. The molecule has 0 radical (unpaired) electrons. The largest absolute Gasteiger partial charge is 0.485 e. The van der Waals surface area contributed by atoms with Crippen molar-refractivity contribution in [1.29, 1.82) is 0 Å². The predicted molar refractivity (Wildman–Crippen MR) is 73.6 cm³/mol. The van der Waals surface area contributed by atoms with Gasteiger partial charge in [-0.3, -0.25) is 5.10 Å². The molecule has 0 aliphatic heterocycles. The SMILES string of the molecule is CCn1c(COc2ccc(Cl)cc2C)n[nH]c1=S. The molecule has 96 valence electrons. The van der Waals surface area contributed by atoms with Gasteiger partial charge in [-0.1, -0.05) is 11.6 Å². The number of aromatic nitrogens is 3. The third-order valence-electron chi connectivity index (χ3n) is 2.65. The van der Waals surface area contributed by atoms with E-state index in [4.69, 9.17) is 28.6 Å². The Labute approximate surface area is 116 Å². The maximum atomic E-state index is 5.89. The van der Waals surface area contributed by atoms with Crippen molar-refractivity contribution in [2.24, 2.45) is 0 Å². The van der Waals surface area contributed by atoms with Crippen molar-refractivity contribution in [2.45, 2.75) is 27.0 Å². The van der Waals surface area contributed by atoms with Gasteiger partial charge in [0.05, 0.1) is 0 Å². The van der Waals surface area contributed by atoms with E-state index in [1.165, 1.54) is 0 Å². The first-order valence-electron chi connectivity index (χ1n) is 5.65. The first-order valence-corrected chi connectivity index (χ1v) is 6.43. The average molecular weight is 284 g/mol. The molecule has 0 atom stereocenters. The van der Waals surface area contributed by atoms with Crippen molar-refractivity contribution >= 4 is 23.8 Å². The number of aryl methyl sites for hydroxylation is 1. The van der Waals surface area contributed by atoms with Crippen molar-refractivity contribution in [3.8, 4) is 5.75 Å². The minimum absolute atomic E-state index is 0.378. The van der Waals surface area contributed by atoms with Gasteiger partial charge < -0.3 is 9.30 Å². The molecule has 0 spiro atoms. The maximum absolute atomic E-state index is 5.89. The monoisotopic (exact) mass is 283 g/mol. The zero-order chi connectivity index (χ0) is 13.1. The second kappa shape index (κ2) is 5.54. The smallest absolute Gasteiger partial charge is 0.195 e. The number of hydrogen-bond acceptors (Lipinski definition) is 3. The lowest BCUT2D eigenvalue weighted by Gasteiger charge is -2.09. The van der Waals surface area contributed by atoms with E-state index in [9.17, 15) is 0 Å². The third kappa shape index (κ3) is 2.73. The standard InChI is InChI=1S/C12H14ClN3OS/c1-3-16-11(14-15-12(16)18)7-17-10-5-4-9(13)6-8(10)2/h4-6H,3,7H2,1-2H3,(H,15,18). The highest BCUT2D eigenvalue weighted by Crippen LogP contribution is 2.22. The van der Waals surface area contributed by atoms with Crippen molar-refractivity contribution < 1.29 is 4.74 Å². The molecule has 1 aromatic heterocycles. The van der Waals surface area contributed by atoms with Crippen LogP contribution in [0.1, 0.15) is 18.3 Å². The molecule has 0 aliphatic rings. The lowest BCUT2D eigenvalue weighted by atomic mass is 10.2. The van der Waals surface area contributed by atoms with Crippen LogP contribution in [0.25, 0.3) is 0 Å². The highest BCUT2D eigenvalue weighted by Gasteiger charge is 2.06. The number of H-pyrrole nitrogens is 1. The van der Waals surface area contributed by atoms with Gasteiger partial charge in [-0.25, -0.2) is 0 Å². The van der Waals surface area contributed by atoms with Crippen LogP contribution in [0.3, 0.4) is 0 Å². The molecule has 1 heterocycles. The number of hydrogen-bond donors (Lipinski definition) is 1. The fourth-order valence-electron chi connectivity index (χ4n) is 1.70. The topological polar surface area (TPSA) is 42.8 Å². The summed E-state index contributed by atoms with van der Waals surface area (Å²) in [6, 6.07) is 5.53. The minimum atomic E-state index is 0.378. The Morgan fingerprint density at radius 2 is 2.28 bits per heavy atom. The second-order valence-electron chi connectivity index (χ2n) is 3.89. The molecule has 2 rings (SSSR count). The maximum Gasteiger partial charge on any atom is 0.195 e. The van der Waals surface area contributed by atoms with Gasteiger partial charge in [-0.05, 0) is 49.8 Å². The summed E-state index contributed by atoms with van der Waals surface area (Å²) in [5, 5.41) is 7.61. The summed E-state index contributed by atoms with van der Waals surface area (Å²) in [5.74, 6) is 1.59. The average Bonchev–Trinajstić information content (AvgIpc) is 2.69. The molecular weight excluding hydrogens is 270 g/mol. The molecule has 0 saturated carbocycles. The van der Waals surface area contributed by atoms with E-state index in [0.717, 1.165) is 23.7 Å². The van der Waals surface area contributed by atoms with Gasteiger partial charge in [0.1, 0.15) is 12.4 Å². The normalized spacial score (nSPS) is 10.6. The predicted octanol–water partition coefficient (Wildman–Crippen LogP) is 3.50.